The molecule has 16 heavy (non-hydrogen) atoms. The minimum atomic E-state index is -0.769. The van der Waals surface area contributed by atoms with E-state index in [2.05, 4.69) is 4.90 Å². The van der Waals surface area contributed by atoms with Gasteiger partial charge in [-0.25, -0.2) is 0 Å². The van der Waals surface area contributed by atoms with Gasteiger partial charge in [-0.15, -0.1) is 0 Å². The largest absolute Gasteiger partial charge is 0.481 e. The van der Waals surface area contributed by atoms with E-state index in [-0.39, 0.29) is 12.5 Å². The summed E-state index contributed by atoms with van der Waals surface area (Å²) in [6.45, 7) is 1.38. The maximum Gasteiger partial charge on any atom is 0.303 e. The zero-order chi connectivity index (χ0) is 11.5. The normalized spacial score (nSPS) is 15.9. The van der Waals surface area contributed by atoms with Crippen molar-refractivity contribution in [3.05, 3.63) is 29.8 Å². The molecule has 1 aliphatic rings. The van der Waals surface area contributed by atoms with Crippen LogP contribution in [0.2, 0.25) is 0 Å². The van der Waals surface area contributed by atoms with Crippen LogP contribution in [0, 0.1) is 0 Å². The van der Waals surface area contributed by atoms with E-state index in [1.165, 1.54) is 0 Å². The number of carbonyl (C=O) groups is 1. The quantitative estimate of drug-likeness (QED) is 0.792. The Morgan fingerprint density at radius 2 is 1.94 bits per heavy atom. The summed E-state index contributed by atoms with van der Waals surface area (Å²) in [5.41, 5.74) is 2.12. The van der Waals surface area contributed by atoms with Crippen LogP contribution < -0.4 is 4.90 Å². The standard InChI is InChI=1S/C12H15NO3/c14-11-7-13(8-11)10-4-1-9(2-5-10)3-6-12(15)16/h1-2,4-5,11,14H,3,6-8H2,(H,15,16). The molecule has 1 saturated heterocycles. The number of carboxylic acids is 1. The summed E-state index contributed by atoms with van der Waals surface area (Å²) in [5.74, 6) is -0.769. The Hall–Kier alpha value is -1.55. The van der Waals surface area contributed by atoms with Crippen molar-refractivity contribution in [2.45, 2.75) is 18.9 Å². The van der Waals surface area contributed by atoms with Crippen molar-refractivity contribution in [3.63, 3.8) is 0 Å². The summed E-state index contributed by atoms with van der Waals surface area (Å²) in [6, 6.07) is 7.85. The monoisotopic (exact) mass is 221 g/mol. The van der Waals surface area contributed by atoms with Crippen molar-refractivity contribution in [1.82, 2.24) is 0 Å². The van der Waals surface area contributed by atoms with Gasteiger partial charge in [-0.1, -0.05) is 12.1 Å². The van der Waals surface area contributed by atoms with Crippen LogP contribution in [0.4, 0.5) is 5.69 Å². The van der Waals surface area contributed by atoms with Crippen LogP contribution in [-0.2, 0) is 11.2 Å². The second-order valence-corrected chi connectivity index (χ2v) is 4.12. The van der Waals surface area contributed by atoms with Gasteiger partial charge in [0, 0.05) is 25.2 Å². The van der Waals surface area contributed by atoms with Gasteiger partial charge < -0.3 is 15.1 Å². The molecule has 1 heterocycles. The van der Waals surface area contributed by atoms with Gasteiger partial charge in [-0.3, -0.25) is 4.79 Å². The average molecular weight is 221 g/mol. The molecular weight excluding hydrogens is 206 g/mol. The van der Waals surface area contributed by atoms with Crippen LogP contribution in [0.25, 0.3) is 0 Å². The fourth-order valence-electron chi connectivity index (χ4n) is 1.79. The molecule has 0 aromatic heterocycles. The van der Waals surface area contributed by atoms with Crippen molar-refractivity contribution in [1.29, 1.82) is 0 Å². The number of benzene rings is 1. The SMILES string of the molecule is O=C(O)CCc1ccc(N2CC(O)C2)cc1. The van der Waals surface area contributed by atoms with Crippen LogP contribution in [0.3, 0.4) is 0 Å². The average Bonchev–Trinajstić information content (AvgIpc) is 2.23. The van der Waals surface area contributed by atoms with Crippen molar-refractivity contribution in [2.24, 2.45) is 0 Å². The zero-order valence-corrected chi connectivity index (χ0v) is 8.97. The number of rotatable bonds is 4. The first-order valence-electron chi connectivity index (χ1n) is 5.39. The molecule has 1 aromatic rings. The van der Waals surface area contributed by atoms with E-state index in [0.717, 1.165) is 11.3 Å². The van der Waals surface area contributed by atoms with E-state index in [0.29, 0.717) is 19.5 Å². The van der Waals surface area contributed by atoms with E-state index in [1.54, 1.807) is 0 Å². The summed E-state index contributed by atoms with van der Waals surface area (Å²) >= 11 is 0. The highest BCUT2D eigenvalue weighted by atomic mass is 16.4. The van der Waals surface area contributed by atoms with E-state index in [9.17, 15) is 9.90 Å². The highest BCUT2D eigenvalue weighted by Gasteiger charge is 2.24. The molecule has 1 fully saturated rings. The number of aliphatic carboxylic acids is 1. The molecule has 4 nitrogen and oxygen atoms in total. The Labute approximate surface area is 94.1 Å². The maximum atomic E-state index is 10.4. The lowest BCUT2D eigenvalue weighted by molar-refractivity contribution is -0.136. The molecule has 0 radical (unpaired) electrons. The number of nitrogens with zero attached hydrogens (tertiary/aromatic N) is 1. The number of aliphatic hydroxyl groups excluding tert-OH is 1. The minimum absolute atomic E-state index is 0.168. The molecule has 86 valence electrons. The van der Waals surface area contributed by atoms with Gasteiger partial charge in [0.25, 0.3) is 0 Å². The van der Waals surface area contributed by atoms with Gasteiger partial charge in [0.05, 0.1) is 6.10 Å². The third-order valence-electron chi connectivity index (χ3n) is 2.79. The summed E-state index contributed by atoms with van der Waals surface area (Å²) < 4.78 is 0. The highest BCUT2D eigenvalue weighted by molar-refractivity contribution is 5.67. The molecule has 2 N–H and O–H groups in total. The molecule has 1 aliphatic heterocycles. The number of hydrogen-bond donors (Lipinski definition) is 2. The highest BCUT2D eigenvalue weighted by Crippen LogP contribution is 2.21. The van der Waals surface area contributed by atoms with Gasteiger partial charge in [-0.05, 0) is 24.1 Å². The first-order valence-corrected chi connectivity index (χ1v) is 5.39. The minimum Gasteiger partial charge on any atom is -0.481 e. The molecule has 0 aliphatic carbocycles. The number of anilines is 1. The lowest BCUT2D eigenvalue weighted by Gasteiger charge is -2.37. The van der Waals surface area contributed by atoms with Gasteiger partial charge in [0.2, 0.25) is 0 Å². The Morgan fingerprint density at radius 3 is 2.44 bits per heavy atom. The number of carboxylic acid groups (broad SMARTS) is 1. The summed E-state index contributed by atoms with van der Waals surface area (Å²) in [6.07, 6.45) is 0.534. The number of aryl methyl sites for hydroxylation is 1. The van der Waals surface area contributed by atoms with Crippen LogP contribution in [0.5, 0.6) is 0 Å². The van der Waals surface area contributed by atoms with Crippen LogP contribution in [0.1, 0.15) is 12.0 Å². The van der Waals surface area contributed by atoms with Crippen molar-refractivity contribution < 1.29 is 15.0 Å². The Bertz CT molecular complexity index is 368. The Balaban J connectivity index is 1.91. The van der Waals surface area contributed by atoms with Gasteiger partial charge in [0.15, 0.2) is 0 Å². The number of β-amino-alcohol motifs (C(OH)–C–C–N with tert-alkyl or cyclic N) is 1. The number of aliphatic hydroxyl groups is 1. The van der Waals surface area contributed by atoms with Gasteiger partial charge >= 0.3 is 5.97 Å². The van der Waals surface area contributed by atoms with Crippen LogP contribution in [0.15, 0.2) is 24.3 Å². The smallest absolute Gasteiger partial charge is 0.303 e. The molecule has 0 unspecified atom stereocenters. The third kappa shape index (κ3) is 2.52. The fourth-order valence-corrected chi connectivity index (χ4v) is 1.79. The molecule has 2 rings (SSSR count). The lowest BCUT2D eigenvalue weighted by atomic mass is 10.1. The molecule has 0 bridgehead atoms. The van der Waals surface area contributed by atoms with Gasteiger partial charge in [-0.2, -0.15) is 0 Å². The molecule has 0 saturated carbocycles. The first kappa shape index (κ1) is 11.0. The summed E-state index contributed by atoms with van der Waals surface area (Å²) in [5, 5.41) is 17.7. The van der Waals surface area contributed by atoms with Crippen LogP contribution >= 0.6 is 0 Å². The third-order valence-corrected chi connectivity index (χ3v) is 2.79. The second kappa shape index (κ2) is 4.53. The molecule has 0 spiro atoms. The molecule has 0 amide bonds. The molecular formula is C12H15NO3. The van der Waals surface area contributed by atoms with Crippen molar-refractivity contribution in [3.8, 4) is 0 Å². The first-order chi connectivity index (χ1) is 7.65. The van der Waals surface area contributed by atoms with E-state index in [4.69, 9.17) is 5.11 Å². The second-order valence-electron chi connectivity index (χ2n) is 4.12. The van der Waals surface area contributed by atoms with Crippen molar-refractivity contribution in [2.75, 3.05) is 18.0 Å². The van der Waals surface area contributed by atoms with Gasteiger partial charge in [0.1, 0.15) is 0 Å². The molecule has 4 heteroatoms. The van der Waals surface area contributed by atoms with Crippen LogP contribution in [-0.4, -0.2) is 35.4 Å². The zero-order valence-electron chi connectivity index (χ0n) is 8.97. The fraction of sp³-hybridized carbons (Fsp3) is 0.417. The van der Waals surface area contributed by atoms with Crippen molar-refractivity contribution >= 4 is 11.7 Å². The molecule has 0 atom stereocenters. The van der Waals surface area contributed by atoms with E-state index in [1.807, 2.05) is 24.3 Å². The molecule has 1 aromatic carbocycles. The predicted molar refractivity (Wildman–Crippen MR) is 60.6 cm³/mol. The summed E-state index contributed by atoms with van der Waals surface area (Å²) in [7, 11) is 0. The Morgan fingerprint density at radius 1 is 1.31 bits per heavy atom. The van der Waals surface area contributed by atoms with E-state index >= 15 is 0 Å². The Kier molecular flexibility index (Phi) is 3.10. The lowest BCUT2D eigenvalue weighted by Crippen LogP contribution is -2.50. The maximum absolute atomic E-state index is 10.4. The summed E-state index contributed by atoms with van der Waals surface area (Å²) in [4.78, 5) is 12.5. The predicted octanol–water partition coefficient (Wildman–Crippen LogP) is 0.885. The number of hydrogen-bond acceptors (Lipinski definition) is 3. The topological polar surface area (TPSA) is 60.8 Å². The van der Waals surface area contributed by atoms with E-state index < -0.39 is 5.97 Å².